The molecule has 0 aliphatic carbocycles. The number of aliphatic hydroxyl groups excluding tert-OH is 1. The van der Waals surface area contributed by atoms with Crippen molar-refractivity contribution in [3.8, 4) is 11.1 Å². The number of amides is 5. The number of carbonyl (C=O) groups is 5. The molecule has 5 amide bonds. The second-order valence-electron chi connectivity index (χ2n) is 16.8. The van der Waals surface area contributed by atoms with Crippen molar-refractivity contribution < 1.29 is 29.1 Å². The number of benzene rings is 4. The van der Waals surface area contributed by atoms with Crippen LogP contribution in [0.4, 0.5) is 11.4 Å². The van der Waals surface area contributed by atoms with E-state index < -0.39 is 29.7 Å². The van der Waals surface area contributed by atoms with Crippen LogP contribution < -0.4 is 16.0 Å². The van der Waals surface area contributed by atoms with Gasteiger partial charge in [-0.15, -0.1) is 11.8 Å². The molecular formula is C50H50N6O6S. The molecule has 4 N–H and O–H groups in total. The second kappa shape index (κ2) is 18.7. The molecule has 4 atom stereocenters. The monoisotopic (exact) mass is 862 g/mol. The maximum absolute atomic E-state index is 13.4. The third kappa shape index (κ3) is 9.04. The van der Waals surface area contributed by atoms with E-state index in [1.165, 1.54) is 34.0 Å². The Morgan fingerprint density at radius 2 is 1.59 bits per heavy atom. The summed E-state index contributed by atoms with van der Waals surface area (Å²) in [5.41, 5.74) is 9.39. The SMILES string of the molecule is O=C1CCC(N2C(=O)c3cccc(SCCCc4ccc(CCCC(=O)Nc5cccc(-c6ccc7c(c6)[C@H]6[C@H](CCN6Cc6ccncc6)[C@@H](CO)N7)c5)cc4)c3C2=O)C(=O)N1. The van der Waals surface area contributed by atoms with Crippen LogP contribution in [0.25, 0.3) is 11.1 Å². The zero-order valence-electron chi connectivity index (χ0n) is 34.9. The summed E-state index contributed by atoms with van der Waals surface area (Å²) in [6.07, 6.45) is 8.50. The lowest BCUT2D eigenvalue weighted by atomic mass is 9.82. The van der Waals surface area contributed by atoms with Gasteiger partial charge in [-0.05, 0) is 133 Å². The van der Waals surface area contributed by atoms with Gasteiger partial charge in [-0.25, -0.2) is 0 Å². The molecule has 9 rings (SSSR count). The number of likely N-dealkylation sites (tertiary alicyclic amines) is 1. The quantitative estimate of drug-likeness (QED) is 0.0482. The molecule has 4 aliphatic rings. The van der Waals surface area contributed by atoms with Crippen LogP contribution in [0.3, 0.4) is 0 Å². The summed E-state index contributed by atoms with van der Waals surface area (Å²) in [5, 5.41) is 19.2. The fraction of sp³-hybridized carbons (Fsp3) is 0.320. The molecule has 0 radical (unpaired) electrons. The first-order chi connectivity index (χ1) is 30.7. The van der Waals surface area contributed by atoms with E-state index in [1.54, 1.807) is 12.1 Å². The summed E-state index contributed by atoms with van der Waals surface area (Å²) in [7, 11) is 0. The third-order valence-electron chi connectivity index (χ3n) is 12.8. The number of anilines is 2. The van der Waals surface area contributed by atoms with E-state index in [2.05, 4.69) is 86.5 Å². The van der Waals surface area contributed by atoms with Gasteiger partial charge in [0.05, 0.1) is 23.8 Å². The smallest absolute Gasteiger partial charge is 0.263 e. The maximum atomic E-state index is 13.4. The van der Waals surface area contributed by atoms with E-state index >= 15 is 0 Å². The van der Waals surface area contributed by atoms with Crippen LogP contribution >= 0.6 is 11.8 Å². The number of fused-ring (bicyclic) bond motifs is 4. The molecule has 0 spiro atoms. The maximum Gasteiger partial charge on any atom is 0.263 e. The van der Waals surface area contributed by atoms with Crippen molar-refractivity contribution in [1.82, 2.24) is 20.1 Å². The number of rotatable bonds is 15. The summed E-state index contributed by atoms with van der Waals surface area (Å²) in [6, 6.07) is 31.6. The number of carbonyl (C=O) groups excluding carboxylic acids is 5. The van der Waals surface area contributed by atoms with Gasteiger partial charge in [0.1, 0.15) is 6.04 Å². The number of thioether (sulfide) groups is 1. The molecule has 322 valence electrons. The Hall–Kier alpha value is -6.15. The second-order valence-corrected chi connectivity index (χ2v) is 18.0. The number of piperidine rings is 1. The van der Waals surface area contributed by atoms with Crippen LogP contribution in [-0.2, 0) is 33.8 Å². The number of nitrogens with zero attached hydrogens (tertiary/aromatic N) is 3. The Balaban J connectivity index is 0.746. The lowest BCUT2D eigenvalue weighted by Gasteiger charge is -2.39. The summed E-state index contributed by atoms with van der Waals surface area (Å²) < 4.78 is 0. The van der Waals surface area contributed by atoms with E-state index in [4.69, 9.17) is 0 Å². The number of hydrogen-bond acceptors (Lipinski definition) is 10. The van der Waals surface area contributed by atoms with Gasteiger partial charge in [0.15, 0.2) is 0 Å². The van der Waals surface area contributed by atoms with Gasteiger partial charge in [-0.1, -0.05) is 48.5 Å². The van der Waals surface area contributed by atoms with E-state index in [0.717, 1.165) is 78.3 Å². The van der Waals surface area contributed by atoms with Crippen LogP contribution in [0.2, 0.25) is 0 Å². The first-order valence-electron chi connectivity index (χ1n) is 21.8. The molecule has 12 nitrogen and oxygen atoms in total. The lowest BCUT2D eigenvalue weighted by Crippen LogP contribution is -2.54. The van der Waals surface area contributed by atoms with Gasteiger partial charge >= 0.3 is 0 Å². The van der Waals surface area contributed by atoms with Gasteiger partial charge in [-0.2, -0.15) is 0 Å². The van der Waals surface area contributed by atoms with Crippen molar-refractivity contribution in [1.29, 1.82) is 0 Å². The molecular weight excluding hydrogens is 813 g/mol. The fourth-order valence-electron chi connectivity index (χ4n) is 9.63. The zero-order chi connectivity index (χ0) is 43.5. The van der Waals surface area contributed by atoms with E-state index in [0.29, 0.717) is 28.4 Å². The Kier molecular flexibility index (Phi) is 12.5. The van der Waals surface area contributed by atoms with E-state index in [1.807, 2.05) is 36.7 Å². The summed E-state index contributed by atoms with van der Waals surface area (Å²) in [5.74, 6) is -0.981. The van der Waals surface area contributed by atoms with Crippen LogP contribution in [0.15, 0.2) is 114 Å². The first kappa shape index (κ1) is 42.2. The topological polar surface area (TPSA) is 161 Å². The van der Waals surface area contributed by atoms with Crippen LogP contribution in [0.5, 0.6) is 0 Å². The Morgan fingerprint density at radius 1 is 0.825 bits per heavy atom. The molecule has 5 aromatic rings. The highest BCUT2D eigenvalue weighted by atomic mass is 32.2. The van der Waals surface area contributed by atoms with Gasteiger partial charge in [0, 0.05) is 60.0 Å². The number of aromatic nitrogens is 1. The highest BCUT2D eigenvalue weighted by Crippen LogP contribution is 2.48. The molecule has 63 heavy (non-hydrogen) atoms. The summed E-state index contributed by atoms with van der Waals surface area (Å²) in [6.45, 7) is 1.88. The lowest BCUT2D eigenvalue weighted by molar-refractivity contribution is -0.136. The van der Waals surface area contributed by atoms with Gasteiger partial charge in [0.25, 0.3) is 11.8 Å². The third-order valence-corrected chi connectivity index (χ3v) is 13.9. The number of imide groups is 2. The van der Waals surface area contributed by atoms with Crippen LogP contribution in [0, 0.1) is 5.92 Å². The van der Waals surface area contributed by atoms with Gasteiger partial charge in [0.2, 0.25) is 17.7 Å². The van der Waals surface area contributed by atoms with Crippen molar-refractivity contribution in [2.45, 2.75) is 80.9 Å². The van der Waals surface area contributed by atoms with Crippen molar-refractivity contribution in [3.63, 3.8) is 0 Å². The normalized spacial score (nSPS) is 20.5. The van der Waals surface area contributed by atoms with Gasteiger partial charge in [-0.3, -0.25) is 44.1 Å². The largest absolute Gasteiger partial charge is 0.394 e. The Labute approximate surface area is 370 Å². The number of hydrogen-bond donors (Lipinski definition) is 4. The van der Waals surface area contributed by atoms with Crippen molar-refractivity contribution in [2.75, 3.05) is 29.5 Å². The molecule has 1 unspecified atom stereocenters. The molecule has 0 saturated carbocycles. The standard InChI is InChI=1S/C50H50N6O6S/c57-30-41-37-22-25-55(29-33-20-23-51-24-21-33)47(37)39-28-35(16-17-40(39)53-41)34-7-2-8-36(27-34)52-44(58)11-1-5-31-12-14-32(15-13-31)6-4-26-63-43-10-3-9-38-46(43)50(62)56(49(38)61)42-18-19-45(59)54-48(42)60/h2-3,7-10,12-17,20-21,23-24,27-28,37,41-42,47,53,57H,1,4-6,11,18-19,22,25-26,29-30H2,(H,52,58)(H,54,59,60)/t37-,41-,42?,47-/m1/s1. The van der Waals surface area contributed by atoms with Crippen molar-refractivity contribution in [3.05, 3.63) is 143 Å². The molecule has 0 bridgehead atoms. The zero-order valence-corrected chi connectivity index (χ0v) is 35.7. The van der Waals surface area contributed by atoms with E-state index in [9.17, 15) is 29.1 Å². The molecule has 5 heterocycles. The fourth-order valence-corrected chi connectivity index (χ4v) is 10.7. The minimum atomic E-state index is -0.985. The number of pyridine rings is 1. The minimum Gasteiger partial charge on any atom is -0.394 e. The van der Waals surface area contributed by atoms with E-state index in [-0.39, 0.29) is 37.4 Å². The van der Waals surface area contributed by atoms with Crippen molar-refractivity contribution in [2.24, 2.45) is 5.92 Å². The highest BCUT2D eigenvalue weighted by molar-refractivity contribution is 7.99. The Bertz CT molecular complexity index is 2550. The minimum absolute atomic E-state index is 0.00782. The molecule has 2 fully saturated rings. The van der Waals surface area contributed by atoms with Gasteiger partial charge < -0.3 is 15.7 Å². The average Bonchev–Trinajstić information content (AvgIpc) is 3.83. The van der Waals surface area contributed by atoms with Crippen molar-refractivity contribution >= 4 is 52.7 Å². The van der Waals surface area contributed by atoms with Crippen LogP contribution in [-0.4, -0.2) is 80.4 Å². The van der Waals surface area contributed by atoms with Crippen LogP contribution in [0.1, 0.15) is 87.5 Å². The molecule has 4 aromatic carbocycles. The predicted molar refractivity (Wildman–Crippen MR) is 242 cm³/mol. The Morgan fingerprint density at radius 3 is 2.37 bits per heavy atom. The highest BCUT2D eigenvalue weighted by Gasteiger charge is 2.46. The number of aryl methyl sites for hydroxylation is 2. The number of aliphatic hydroxyl groups is 1. The average molecular weight is 863 g/mol. The summed E-state index contributed by atoms with van der Waals surface area (Å²) >= 11 is 1.52. The molecule has 2 saturated heterocycles. The molecule has 13 heteroatoms. The predicted octanol–water partition coefficient (Wildman–Crippen LogP) is 7.19. The summed E-state index contributed by atoms with van der Waals surface area (Å²) in [4.78, 5) is 72.2. The molecule has 4 aliphatic heterocycles. The first-order valence-corrected chi connectivity index (χ1v) is 22.8. The number of nitrogens with one attached hydrogen (secondary N) is 3. The molecule has 1 aromatic heterocycles.